The van der Waals surface area contributed by atoms with E-state index in [2.05, 4.69) is 31.2 Å². The summed E-state index contributed by atoms with van der Waals surface area (Å²) in [6.45, 7) is 6.38. The molecule has 5 heteroatoms. The summed E-state index contributed by atoms with van der Waals surface area (Å²) in [7, 11) is 1.99. The third-order valence-corrected chi connectivity index (χ3v) is 5.79. The number of hydrogen-bond donors (Lipinski definition) is 1. The highest BCUT2D eigenvalue weighted by atomic mass is 32.2. The quantitative estimate of drug-likeness (QED) is 0.919. The summed E-state index contributed by atoms with van der Waals surface area (Å²) in [4.78, 5) is 1.20. The molecular formula is C18H24FN3S. The average Bonchev–Trinajstić information content (AvgIpc) is 2.74. The molecule has 1 N–H and O–H groups in total. The SMILES string of the molecule is Cc1nn(C)c(C)c1C[C@@H](C)N[C@H]1CCSc2ccc(F)cc21. The van der Waals surface area contributed by atoms with E-state index in [1.165, 1.54) is 16.2 Å². The zero-order valence-electron chi connectivity index (χ0n) is 14.2. The molecule has 0 radical (unpaired) electrons. The maximum Gasteiger partial charge on any atom is 0.123 e. The van der Waals surface area contributed by atoms with Crippen LogP contribution in [-0.2, 0) is 13.5 Å². The molecule has 2 atom stereocenters. The Morgan fingerprint density at radius 2 is 2.22 bits per heavy atom. The van der Waals surface area contributed by atoms with Gasteiger partial charge in [-0.2, -0.15) is 5.10 Å². The molecule has 0 saturated carbocycles. The molecule has 1 aliphatic rings. The fraction of sp³-hybridized carbons (Fsp3) is 0.500. The minimum absolute atomic E-state index is 0.148. The second-order valence-electron chi connectivity index (χ2n) is 6.42. The lowest BCUT2D eigenvalue weighted by atomic mass is 10.00. The fourth-order valence-corrected chi connectivity index (χ4v) is 4.47. The van der Waals surface area contributed by atoms with Gasteiger partial charge < -0.3 is 5.32 Å². The van der Waals surface area contributed by atoms with Gasteiger partial charge in [0.2, 0.25) is 0 Å². The van der Waals surface area contributed by atoms with Gasteiger partial charge in [-0.25, -0.2) is 4.39 Å². The number of nitrogens with one attached hydrogen (secondary N) is 1. The second-order valence-corrected chi connectivity index (χ2v) is 7.55. The molecule has 0 aliphatic carbocycles. The summed E-state index contributed by atoms with van der Waals surface area (Å²) < 4.78 is 15.6. The first-order valence-electron chi connectivity index (χ1n) is 8.13. The molecular weight excluding hydrogens is 309 g/mol. The highest BCUT2D eigenvalue weighted by Gasteiger charge is 2.23. The summed E-state index contributed by atoms with van der Waals surface area (Å²) in [5, 5.41) is 8.19. The zero-order chi connectivity index (χ0) is 16.6. The van der Waals surface area contributed by atoms with Crippen LogP contribution in [0.4, 0.5) is 4.39 Å². The number of hydrogen-bond acceptors (Lipinski definition) is 3. The van der Waals surface area contributed by atoms with Gasteiger partial charge in [-0.1, -0.05) is 0 Å². The Hall–Kier alpha value is -1.33. The van der Waals surface area contributed by atoms with Crippen molar-refractivity contribution < 1.29 is 4.39 Å². The number of aromatic nitrogens is 2. The van der Waals surface area contributed by atoms with Crippen molar-refractivity contribution in [1.82, 2.24) is 15.1 Å². The monoisotopic (exact) mass is 333 g/mol. The highest BCUT2D eigenvalue weighted by molar-refractivity contribution is 7.99. The molecule has 0 bridgehead atoms. The third kappa shape index (κ3) is 3.45. The Bertz CT molecular complexity index is 711. The van der Waals surface area contributed by atoms with Crippen LogP contribution in [0.15, 0.2) is 23.1 Å². The summed E-state index contributed by atoms with van der Waals surface area (Å²) in [6.07, 6.45) is 1.98. The minimum Gasteiger partial charge on any atom is -0.307 e. The van der Waals surface area contributed by atoms with Gasteiger partial charge in [-0.15, -0.1) is 11.8 Å². The summed E-state index contributed by atoms with van der Waals surface area (Å²) in [6, 6.07) is 5.70. The molecule has 124 valence electrons. The van der Waals surface area contributed by atoms with Crippen molar-refractivity contribution in [1.29, 1.82) is 0 Å². The Morgan fingerprint density at radius 1 is 1.43 bits per heavy atom. The van der Waals surface area contributed by atoms with E-state index in [0.29, 0.717) is 6.04 Å². The van der Waals surface area contributed by atoms with Crippen molar-refractivity contribution in [3.63, 3.8) is 0 Å². The van der Waals surface area contributed by atoms with Crippen molar-refractivity contribution in [2.75, 3.05) is 5.75 Å². The van der Waals surface area contributed by atoms with Crippen molar-refractivity contribution in [2.45, 2.75) is 50.6 Å². The largest absolute Gasteiger partial charge is 0.307 e. The van der Waals surface area contributed by atoms with E-state index in [1.54, 1.807) is 12.1 Å². The third-order valence-electron chi connectivity index (χ3n) is 4.67. The molecule has 0 unspecified atom stereocenters. The van der Waals surface area contributed by atoms with E-state index in [9.17, 15) is 4.39 Å². The van der Waals surface area contributed by atoms with Crippen LogP contribution in [0.2, 0.25) is 0 Å². The van der Waals surface area contributed by atoms with Gasteiger partial charge in [0.1, 0.15) is 5.82 Å². The summed E-state index contributed by atoms with van der Waals surface area (Å²) in [5.74, 6) is 0.929. The number of halogens is 1. The molecule has 3 nitrogen and oxygen atoms in total. The number of fused-ring (bicyclic) bond motifs is 1. The Labute approximate surface area is 141 Å². The molecule has 2 aromatic rings. The lowest BCUT2D eigenvalue weighted by Crippen LogP contribution is -2.34. The van der Waals surface area contributed by atoms with E-state index in [-0.39, 0.29) is 11.9 Å². The number of rotatable bonds is 4. The Balaban J connectivity index is 1.74. The van der Waals surface area contributed by atoms with Crippen molar-refractivity contribution in [3.05, 3.63) is 46.5 Å². The molecule has 2 heterocycles. The van der Waals surface area contributed by atoms with E-state index in [1.807, 2.05) is 29.6 Å². The number of thioether (sulfide) groups is 1. The van der Waals surface area contributed by atoms with Crippen molar-refractivity contribution in [3.8, 4) is 0 Å². The maximum atomic E-state index is 13.6. The molecule has 23 heavy (non-hydrogen) atoms. The average molecular weight is 333 g/mol. The molecule has 0 saturated heterocycles. The molecule has 1 aromatic heterocycles. The fourth-order valence-electron chi connectivity index (χ4n) is 3.36. The minimum atomic E-state index is -0.148. The molecule has 0 fully saturated rings. The number of nitrogens with zero attached hydrogens (tertiary/aromatic N) is 2. The predicted octanol–water partition coefficient (Wildman–Crippen LogP) is 3.93. The van der Waals surface area contributed by atoms with E-state index in [4.69, 9.17) is 0 Å². The maximum absolute atomic E-state index is 13.6. The first-order chi connectivity index (χ1) is 11.0. The van der Waals surface area contributed by atoms with Crippen LogP contribution in [0.25, 0.3) is 0 Å². The van der Waals surface area contributed by atoms with Crippen molar-refractivity contribution in [2.24, 2.45) is 7.05 Å². The van der Waals surface area contributed by atoms with E-state index < -0.39 is 0 Å². The van der Waals surface area contributed by atoms with E-state index in [0.717, 1.165) is 29.9 Å². The van der Waals surface area contributed by atoms with Gasteiger partial charge >= 0.3 is 0 Å². The molecule has 1 aromatic carbocycles. The predicted molar refractivity (Wildman–Crippen MR) is 93.5 cm³/mol. The van der Waals surface area contributed by atoms with Gasteiger partial charge in [0.25, 0.3) is 0 Å². The summed E-state index contributed by atoms with van der Waals surface area (Å²) in [5.41, 5.74) is 4.75. The van der Waals surface area contributed by atoms with Gasteiger partial charge in [-0.3, -0.25) is 4.68 Å². The molecule has 0 amide bonds. The van der Waals surface area contributed by atoms with Gasteiger partial charge in [0.15, 0.2) is 0 Å². The normalized spacial score (nSPS) is 18.7. The van der Waals surface area contributed by atoms with Crippen LogP contribution in [0.3, 0.4) is 0 Å². The van der Waals surface area contributed by atoms with Crippen LogP contribution in [0.1, 0.15) is 41.9 Å². The van der Waals surface area contributed by atoms with Crippen LogP contribution < -0.4 is 5.32 Å². The Kier molecular flexibility index (Phi) is 4.78. The van der Waals surface area contributed by atoms with Crippen LogP contribution in [-0.4, -0.2) is 21.6 Å². The van der Waals surface area contributed by atoms with Crippen LogP contribution in [0, 0.1) is 19.7 Å². The Morgan fingerprint density at radius 3 is 2.91 bits per heavy atom. The van der Waals surface area contributed by atoms with Crippen molar-refractivity contribution >= 4 is 11.8 Å². The van der Waals surface area contributed by atoms with Gasteiger partial charge in [0.05, 0.1) is 5.69 Å². The highest BCUT2D eigenvalue weighted by Crippen LogP contribution is 2.36. The van der Waals surface area contributed by atoms with Gasteiger partial charge in [-0.05, 0) is 68.7 Å². The molecule has 0 spiro atoms. The van der Waals surface area contributed by atoms with Gasteiger partial charge in [0, 0.05) is 29.7 Å². The molecule has 3 rings (SSSR count). The number of benzene rings is 1. The summed E-state index contributed by atoms with van der Waals surface area (Å²) >= 11 is 1.82. The first kappa shape index (κ1) is 16.5. The molecule has 1 aliphatic heterocycles. The van der Waals surface area contributed by atoms with Crippen LogP contribution >= 0.6 is 11.8 Å². The lowest BCUT2D eigenvalue weighted by Gasteiger charge is -2.29. The standard InChI is InChI=1S/C18H24FN3S/c1-11(9-15-12(2)21-22(4)13(15)3)20-17-7-8-23-18-6-5-14(19)10-16(17)18/h5-6,10-11,17,20H,7-9H2,1-4H3/t11-,17+/m1/s1. The number of aryl methyl sites for hydroxylation is 2. The lowest BCUT2D eigenvalue weighted by molar-refractivity contribution is 0.435. The zero-order valence-corrected chi connectivity index (χ0v) is 15.0. The first-order valence-corrected chi connectivity index (χ1v) is 9.11. The van der Waals surface area contributed by atoms with Crippen LogP contribution in [0.5, 0.6) is 0 Å². The smallest absolute Gasteiger partial charge is 0.123 e. The van der Waals surface area contributed by atoms with E-state index >= 15 is 0 Å². The second kappa shape index (κ2) is 6.65. The topological polar surface area (TPSA) is 29.9 Å².